The largest absolute Gasteiger partial charge is 0.386 e. The van der Waals surface area contributed by atoms with E-state index in [0.717, 1.165) is 25.7 Å². The highest BCUT2D eigenvalue weighted by molar-refractivity contribution is 5.31. The summed E-state index contributed by atoms with van der Waals surface area (Å²) in [6.45, 7) is -0.0589. The van der Waals surface area contributed by atoms with Crippen LogP contribution in [0.5, 0.6) is 0 Å². The lowest BCUT2D eigenvalue weighted by Gasteiger charge is -2.21. The normalized spacial score (nSPS) is 21.4. The molecule has 0 amide bonds. The molecule has 1 aliphatic carbocycles. The number of benzene rings is 1. The maximum absolute atomic E-state index is 12.3. The van der Waals surface area contributed by atoms with E-state index in [-0.39, 0.29) is 12.6 Å². The van der Waals surface area contributed by atoms with Gasteiger partial charge in [-0.2, -0.15) is 0 Å². The van der Waals surface area contributed by atoms with Gasteiger partial charge in [0, 0.05) is 12.6 Å². The number of halogens is 2. The van der Waals surface area contributed by atoms with Crippen molar-refractivity contribution in [3.63, 3.8) is 0 Å². The van der Waals surface area contributed by atoms with Crippen LogP contribution in [0.2, 0.25) is 0 Å². The number of aryl methyl sites for hydroxylation is 1. The second kappa shape index (κ2) is 6.25. The van der Waals surface area contributed by atoms with E-state index in [1.54, 1.807) is 0 Å². The fourth-order valence-corrected chi connectivity index (χ4v) is 2.49. The Morgan fingerprint density at radius 1 is 1.28 bits per heavy atom. The standard InChI is InChI=1S/C14H19F2NO/c15-14(16)13(18)9-17-12-8-4-2-6-10-5-1-3-7-11(10)12/h1,3,5,7,12-14,17-18H,2,4,6,8-9H2. The third-order valence-corrected chi connectivity index (χ3v) is 3.48. The smallest absolute Gasteiger partial charge is 0.265 e. The lowest BCUT2D eigenvalue weighted by atomic mass is 9.99. The second-order valence-corrected chi connectivity index (χ2v) is 4.81. The quantitative estimate of drug-likeness (QED) is 0.811. The molecule has 2 nitrogen and oxygen atoms in total. The van der Waals surface area contributed by atoms with Crippen LogP contribution < -0.4 is 5.32 Å². The summed E-state index contributed by atoms with van der Waals surface area (Å²) in [6, 6.07) is 8.21. The first-order chi connectivity index (χ1) is 8.68. The molecule has 0 radical (unpaired) electrons. The number of aliphatic hydroxyl groups excluding tert-OH is 1. The van der Waals surface area contributed by atoms with Crippen LogP contribution in [0.3, 0.4) is 0 Å². The molecule has 18 heavy (non-hydrogen) atoms. The van der Waals surface area contributed by atoms with E-state index in [1.807, 2.05) is 18.2 Å². The van der Waals surface area contributed by atoms with Crippen LogP contribution in [-0.4, -0.2) is 24.2 Å². The topological polar surface area (TPSA) is 32.3 Å². The van der Waals surface area contributed by atoms with Crippen LogP contribution in [0.15, 0.2) is 24.3 Å². The van der Waals surface area contributed by atoms with Crippen molar-refractivity contribution in [2.75, 3.05) is 6.54 Å². The second-order valence-electron chi connectivity index (χ2n) is 4.81. The van der Waals surface area contributed by atoms with Crippen LogP contribution in [0, 0.1) is 0 Å². The molecule has 1 aromatic rings. The molecule has 0 bridgehead atoms. The Hall–Kier alpha value is -1.00. The summed E-state index contributed by atoms with van der Waals surface area (Å²) in [7, 11) is 0. The first-order valence-electron chi connectivity index (χ1n) is 6.46. The van der Waals surface area contributed by atoms with Gasteiger partial charge in [-0.3, -0.25) is 0 Å². The molecule has 100 valence electrons. The maximum Gasteiger partial charge on any atom is 0.265 e. The highest BCUT2D eigenvalue weighted by atomic mass is 19.3. The zero-order valence-corrected chi connectivity index (χ0v) is 10.3. The third kappa shape index (κ3) is 3.27. The van der Waals surface area contributed by atoms with Gasteiger partial charge in [-0.05, 0) is 30.4 Å². The zero-order valence-electron chi connectivity index (χ0n) is 10.3. The van der Waals surface area contributed by atoms with Gasteiger partial charge in [0.15, 0.2) is 0 Å². The van der Waals surface area contributed by atoms with Crippen LogP contribution in [0.25, 0.3) is 0 Å². The number of fused-ring (bicyclic) bond motifs is 1. The van der Waals surface area contributed by atoms with Crippen molar-refractivity contribution in [3.05, 3.63) is 35.4 Å². The van der Waals surface area contributed by atoms with E-state index in [9.17, 15) is 8.78 Å². The van der Waals surface area contributed by atoms with Gasteiger partial charge < -0.3 is 10.4 Å². The summed E-state index contributed by atoms with van der Waals surface area (Å²) in [4.78, 5) is 0. The van der Waals surface area contributed by atoms with Crippen LogP contribution in [0.4, 0.5) is 8.78 Å². The number of hydrogen-bond donors (Lipinski definition) is 2. The lowest BCUT2D eigenvalue weighted by Crippen LogP contribution is -2.34. The predicted molar refractivity (Wildman–Crippen MR) is 66.8 cm³/mol. The van der Waals surface area contributed by atoms with Gasteiger partial charge in [-0.15, -0.1) is 0 Å². The Morgan fingerprint density at radius 3 is 2.83 bits per heavy atom. The SMILES string of the molecule is OC(CNC1CCCCc2ccccc21)C(F)F. The molecule has 0 saturated carbocycles. The van der Waals surface area contributed by atoms with Gasteiger partial charge in [0.25, 0.3) is 6.43 Å². The van der Waals surface area contributed by atoms with Crippen molar-refractivity contribution in [1.29, 1.82) is 0 Å². The summed E-state index contributed by atoms with van der Waals surface area (Å²) in [6.07, 6.45) is -0.0680. The van der Waals surface area contributed by atoms with Crippen molar-refractivity contribution in [2.24, 2.45) is 0 Å². The van der Waals surface area contributed by atoms with Gasteiger partial charge in [0.05, 0.1) is 0 Å². The van der Waals surface area contributed by atoms with E-state index < -0.39 is 12.5 Å². The van der Waals surface area contributed by atoms with Gasteiger partial charge in [-0.25, -0.2) is 8.78 Å². The van der Waals surface area contributed by atoms with Crippen LogP contribution in [0.1, 0.15) is 36.4 Å². The number of rotatable bonds is 4. The monoisotopic (exact) mass is 255 g/mol. The van der Waals surface area contributed by atoms with Crippen molar-refractivity contribution in [3.8, 4) is 0 Å². The molecule has 0 saturated heterocycles. The zero-order chi connectivity index (χ0) is 13.0. The Balaban J connectivity index is 2.04. The van der Waals surface area contributed by atoms with Gasteiger partial charge in [0.2, 0.25) is 0 Å². The molecule has 2 unspecified atom stereocenters. The fraction of sp³-hybridized carbons (Fsp3) is 0.571. The molecular formula is C14H19F2NO. The van der Waals surface area contributed by atoms with Crippen molar-refractivity contribution in [2.45, 2.75) is 44.3 Å². The average molecular weight is 255 g/mol. The minimum absolute atomic E-state index is 0.0589. The highest BCUT2D eigenvalue weighted by Crippen LogP contribution is 2.28. The molecule has 2 N–H and O–H groups in total. The van der Waals surface area contributed by atoms with E-state index >= 15 is 0 Å². The molecule has 4 heteroatoms. The van der Waals surface area contributed by atoms with Crippen molar-refractivity contribution >= 4 is 0 Å². The summed E-state index contributed by atoms with van der Waals surface area (Å²) in [5.74, 6) is 0. The minimum atomic E-state index is -2.68. The summed E-state index contributed by atoms with van der Waals surface area (Å²) in [5, 5.41) is 12.2. The minimum Gasteiger partial charge on any atom is -0.386 e. The van der Waals surface area contributed by atoms with Crippen LogP contribution in [-0.2, 0) is 6.42 Å². The first-order valence-corrected chi connectivity index (χ1v) is 6.46. The van der Waals surface area contributed by atoms with Gasteiger partial charge >= 0.3 is 0 Å². The molecule has 2 atom stereocenters. The Morgan fingerprint density at radius 2 is 2.06 bits per heavy atom. The third-order valence-electron chi connectivity index (χ3n) is 3.48. The van der Waals surface area contributed by atoms with E-state index in [1.165, 1.54) is 11.1 Å². The number of nitrogens with one attached hydrogen (secondary N) is 1. The van der Waals surface area contributed by atoms with Crippen LogP contribution >= 0.6 is 0 Å². The van der Waals surface area contributed by atoms with Crippen molar-refractivity contribution < 1.29 is 13.9 Å². The Kier molecular flexibility index (Phi) is 4.66. The number of aliphatic hydroxyl groups is 1. The number of alkyl halides is 2. The fourth-order valence-electron chi connectivity index (χ4n) is 2.49. The molecule has 1 aliphatic rings. The predicted octanol–water partition coefficient (Wildman–Crippen LogP) is 2.67. The molecule has 0 spiro atoms. The van der Waals surface area contributed by atoms with Gasteiger partial charge in [-0.1, -0.05) is 30.7 Å². The summed E-state index contributed by atoms with van der Waals surface area (Å²) < 4.78 is 24.5. The molecule has 0 heterocycles. The highest BCUT2D eigenvalue weighted by Gasteiger charge is 2.21. The molecule has 0 aromatic heterocycles. The first kappa shape index (κ1) is 13.4. The van der Waals surface area contributed by atoms with Crippen molar-refractivity contribution in [1.82, 2.24) is 5.32 Å². The summed E-state index contributed by atoms with van der Waals surface area (Å²) >= 11 is 0. The lowest BCUT2D eigenvalue weighted by molar-refractivity contribution is -0.00478. The van der Waals surface area contributed by atoms with E-state index in [2.05, 4.69) is 11.4 Å². The maximum atomic E-state index is 12.3. The summed E-state index contributed by atoms with van der Waals surface area (Å²) in [5.41, 5.74) is 2.48. The molecule has 2 rings (SSSR count). The van der Waals surface area contributed by atoms with E-state index in [4.69, 9.17) is 5.11 Å². The molecule has 1 aromatic carbocycles. The van der Waals surface area contributed by atoms with Gasteiger partial charge in [0.1, 0.15) is 6.10 Å². The number of hydrogen-bond acceptors (Lipinski definition) is 2. The molecule has 0 aliphatic heterocycles. The average Bonchev–Trinajstić information content (AvgIpc) is 2.58. The molecular weight excluding hydrogens is 236 g/mol. The Labute approximate surface area is 106 Å². The van der Waals surface area contributed by atoms with E-state index in [0.29, 0.717) is 0 Å². The molecule has 0 fully saturated rings. The Bertz CT molecular complexity index is 384.